The Bertz CT molecular complexity index is 97.7. The van der Waals surface area contributed by atoms with Gasteiger partial charge in [-0.2, -0.15) is 0 Å². The molecule has 9 heavy (non-hydrogen) atoms. The lowest BCUT2D eigenvalue weighted by Gasteiger charge is -2.28. The van der Waals surface area contributed by atoms with Crippen LogP contribution in [0.4, 0.5) is 0 Å². The monoisotopic (exact) mass is 149 g/mol. The van der Waals surface area contributed by atoms with Crippen molar-refractivity contribution in [2.75, 3.05) is 6.54 Å². The maximum Gasteiger partial charge on any atom is 0.211 e. The minimum atomic E-state index is -0.545. The van der Waals surface area contributed by atoms with Crippen LogP contribution < -0.4 is 0 Å². The molecule has 0 spiro atoms. The van der Waals surface area contributed by atoms with E-state index in [9.17, 15) is 4.79 Å². The van der Waals surface area contributed by atoms with Crippen molar-refractivity contribution in [1.29, 1.82) is 0 Å². The number of hydrogen-bond donors (Lipinski definition) is 0. The van der Waals surface area contributed by atoms with Gasteiger partial charge in [-0.15, -0.1) is 0 Å². The van der Waals surface area contributed by atoms with Gasteiger partial charge in [0.2, 0.25) is 6.41 Å². The Kier molecular flexibility index (Phi) is 2.98. The number of nitrogens with zero attached hydrogens (tertiary/aromatic N) is 1. The van der Waals surface area contributed by atoms with Gasteiger partial charge in [0.1, 0.15) is 5.00 Å². The van der Waals surface area contributed by atoms with E-state index in [0.717, 1.165) is 6.41 Å². The van der Waals surface area contributed by atoms with Gasteiger partial charge in [-0.25, -0.2) is 0 Å². The summed E-state index contributed by atoms with van der Waals surface area (Å²) in [6.45, 7) is 6.11. The van der Waals surface area contributed by atoms with Crippen molar-refractivity contribution >= 4 is 18.0 Å². The van der Waals surface area contributed by atoms with E-state index in [-0.39, 0.29) is 0 Å². The van der Waals surface area contributed by atoms with Crippen molar-refractivity contribution in [1.82, 2.24) is 4.90 Å². The molecule has 2 nitrogen and oxygen atoms in total. The molecule has 0 N–H and O–H groups in total. The number of carbonyl (C=O) groups is 1. The molecule has 0 aliphatic rings. The molecular weight excluding hydrogens is 138 g/mol. The lowest BCUT2D eigenvalue weighted by Crippen LogP contribution is -2.37. The molecule has 0 fully saturated rings. The average molecular weight is 150 g/mol. The third-order valence-corrected chi connectivity index (χ3v) is 1.37. The van der Waals surface area contributed by atoms with E-state index in [1.54, 1.807) is 13.8 Å². The Morgan fingerprint density at radius 1 is 1.67 bits per heavy atom. The summed E-state index contributed by atoms with van der Waals surface area (Å²) in [4.78, 5) is 11.2. The summed E-state index contributed by atoms with van der Waals surface area (Å²) >= 11 is 5.79. The second-order valence-corrected chi connectivity index (χ2v) is 3.23. The lowest BCUT2D eigenvalue weighted by atomic mass is 10.3. The predicted octanol–water partition coefficient (Wildman–Crippen LogP) is 1.44. The molecule has 0 heterocycles. The Labute approximate surface area is 60.8 Å². The quantitative estimate of drug-likeness (QED) is 0.338. The average Bonchev–Trinajstić information content (AvgIpc) is 1.65. The van der Waals surface area contributed by atoms with E-state index in [0.29, 0.717) is 6.54 Å². The minimum absolute atomic E-state index is 0.545. The highest BCUT2D eigenvalue weighted by Gasteiger charge is 2.19. The molecule has 54 valence electrons. The number of amides is 1. The van der Waals surface area contributed by atoms with Crippen molar-refractivity contribution in [2.45, 2.75) is 25.8 Å². The van der Waals surface area contributed by atoms with Gasteiger partial charge in [0, 0.05) is 6.54 Å². The summed E-state index contributed by atoms with van der Waals surface area (Å²) in [5.74, 6) is 0. The maximum atomic E-state index is 10.2. The van der Waals surface area contributed by atoms with Crippen LogP contribution in [0.5, 0.6) is 0 Å². The Balaban J connectivity index is 3.94. The van der Waals surface area contributed by atoms with E-state index in [4.69, 9.17) is 11.6 Å². The Morgan fingerprint density at radius 3 is 2.11 bits per heavy atom. The highest BCUT2D eigenvalue weighted by molar-refractivity contribution is 6.23. The zero-order valence-electron chi connectivity index (χ0n) is 6.02. The van der Waals surface area contributed by atoms with Gasteiger partial charge < -0.3 is 4.90 Å². The van der Waals surface area contributed by atoms with E-state index in [1.165, 1.54) is 4.90 Å². The first-order chi connectivity index (χ1) is 4.02. The van der Waals surface area contributed by atoms with Gasteiger partial charge in [0.05, 0.1) is 0 Å². The van der Waals surface area contributed by atoms with Gasteiger partial charge in [-0.3, -0.25) is 4.79 Å². The Morgan fingerprint density at radius 2 is 2.11 bits per heavy atom. The number of carbonyl (C=O) groups excluding carboxylic acids is 1. The molecule has 0 unspecified atom stereocenters. The van der Waals surface area contributed by atoms with Crippen molar-refractivity contribution in [3.63, 3.8) is 0 Å². The number of halogens is 1. The first-order valence-electron chi connectivity index (χ1n) is 2.93. The molecule has 0 aliphatic heterocycles. The largest absolute Gasteiger partial charge is 0.327 e. The molecule has 0 bridgehead atoms. The second-order valence-electron chi connectivity index (χ2n) is 2.30. The third-order valence-electron chi connectivity index (χ3n) is 1.15. The zero-order chi connectivity index (χ0) is 7.49. The number of rotatable bonds is 3. The smallest absolute Gasteiger partial charge is 0.211 e. The second kappa shape index (κ2) is 3.06. The Hall–Kier alpha value is -0.240. The van der Waals surface area contributed by atoms with Crippen molar-refractivity contribution < 1.29 is 4.79 Å². The summed E-state index contributed by atoms with van der Waals surface area (Å²) in [5, 5.41) is 0. The third kappa shape index (κ3) is 2.70. The van der Waals surface area contributed by atoms with Crippen LogP contribution in [0.25, 0.3) is 0 Å². The number of alkyl halides is 1. The van der Waals surface area contributed by atoms with Crippen LogP contribution in [0, 0.1) is 0 Å². The minimum Gasteiger partial charge on any atom is -0.327 e. The summed E-state index contributed by atoms with van der Waals surface area (Å²) in [5.41, 5.74) is 0. The van der Waals surface area contributed by atoms with Crippen molar-refractivity contribution in [3.8, 4) is 0 Å². The fourth-order valence-corrected chi connectivity index (χ4v) is 0.735. The molecular formula is C6H12ClNO. The summed E-state index contributed by atoms with van der Waals surface area (Å²) in [7, 11) is 0. The van der Waals surface area contributed by atoms with E-state index in [2.05, 4.69) is 0 Å². The van der Waals surface area contributed by atoms with E-state index < -0.39 is 5.00 Å². The summed E-state index contributed by atoms with van der Waals surface area (Å²) in [6, 6.07) is 0. The molecule has 1 amide bonds. The summed E-state index contributed by atoms with van der Waals surface area (Å²) in [6.07, 6.45) is 0.757. The van der Waals surface area contributed by atoms with Crippen LogP contribution in [0.3, 0.4) is 0 Å². The molecule has 0 radical (unpaired) electrons. The number of hydrogen-bond acceptors (Lipinski definition) is 1. The highest BCUT2D eigenvalue weighted by atomic mass is 35.5. The fourth-order valence-electron chi connectivity index (χ4n) is 0.576. The molecule has 0 aromatic heterocycles. The molecule has 0 aromatic rings. The summed E-state index contributed by atoms with van der Waals surface area (Å²) < 4.78 is 0. The molecule has 0 aliphatic carbocycles. The SMILES string of the molecule is CCN(C=O)C(C)(C)Cl. The van der Waals surface area contributed by atoms with Gasteiger partial charge in [0.15, 0.2) is 0 Å². The van der Waals surface area contributed by atoms with Crippen molar-refractivity contribution in [3.05, 3.63) is 0 Å². The fraction of sp³-hybridized carbons (Fsp3) is 0.833. The maximum absolute atomic E-state index is 10.2. The van der Waals surface area contributed by atoms with E-state index >= 15 is 0 Å². The lowest BCUT2D eigenvalue weighted by molar-refractivity contribution is -0.120. The predicted molar refractivity (Wildman–Crippen MR) is 38.4 cm³/mol. The van der Waals surface area contributed by atoms with Crippen LogP contribution in [-0.4, -0.2) is 22.9 Å². The van der Waals surface area contributed by atoms with E-state index in [1.807, 2.05) is 6.92 Å². The molecule has 0 saturated heterocycles. The van der Waals surface area contributed by atoms with Gasteiger partial charge in [-0.1, -0.05) is 11.6 Å². The molecule has 0 rings (SSSR count). The molecule has 0 saturated carbocycles. The van der Waals surface area contributed by atoms with Gasteiger partial charge >= 0.3 is 0 Å². The first-order valence-corrected chi connectivity index (χ1v) is 3.31. The topological polar surface area (TPSA) is 20.3 Å². The zero-order valence-corrected chi connectivity index (χ0v) is 6.77. The van der Waals surface area contributed by atoms with Crippen molar-refractivity contribution in [2.24, 2.45) is 0 Å². The standard InChI is InChI=1S/C6H12ClNO/c1-4-8(5-9)6(2,3)7/h5H,4H2,1-3H3. The van der Waals surface area contributed by atoms with Gasteiger partial charge in [-0.05, 0) is 20.8 Å². The van der Waals surface area contributed by atoms with Crippen LogP contribution in [0.15, 0.2) is 0 Å². The first kappa shape index (κ1) is 8.76. The molecule has 0 aromatic carbocycles. The molecule has 0 atom stereocenters. The highest BCUT2D eigenvalue weighted by Crippen LogP contribution is 2.16. The molecule has 3 heteroatoms. The van der Waals surface area contributed by atoms with Crippen LogP contribution in [-0.2, 0) is 4.79 Å². The normalized spacial score (nSPS) is 11.1. The van der Waals surface area contributed by atoms with Crippen LogP contribution in [0.1, 0.15) is 20.8 Å². The van der Waals surface area contributed by atoms with Crippen LogP contribution in [0.2, 0.25) is 0 Å². The van der Waals surface area contributed by atoms with Crippen LogP contribution >= 0.6 is 11.6 Å². The van der Waals surface area contributed by atoms with Gasteiger partial charge in [0.25, 0.3) is 0 Å².